The van der Waals surface area contributed by atoms with Crippen molar-refractivity contribution in [2.75, 3.05) is 38.0 Å². The first kappa shape index (κ1) is 44.5. The van der Waals surface area contributed by atoms with Crippen LogP contribution in [0.2, 0.25) is 0 Å². The number of anilines is 2. The van der Waals surface area contributed by atoms with E-state index in [2.05, 4.69) is 182 Å². The van der Waals surface area contributed by atoms with Crippen LogP contribution in [0.3, 0.4) is 0 Å². The molecule has 1 N–H and O–H groups in total. The molecule has 0 spiro atoms. The Morgan fingerprint density at radius 1 is 0.683 bits per heavy atom. The highest BCUT2D eigenvalue weighted by Crippen LogP contribution is 2.44. The van der Waals surface area contributed by atoms with Crippen LogP contribution in [-0.4, -0.2) is 33.3 Å². The highest BCUT2D eigenvalue weighted by molar-refractivity contribution is 5.93. The van der Waals surface area contributed by atoms with Gasteiger partial charge in [0.2, 0.25) is 0 Å². The second kappa shape index (κ2) is 18.4. The van der Waals surface area contributed by atoms with Crippen molar-refractivity contribution in [1.82, 2.24) is 0 Å². The largest absolute Gasteiger partial charge is 0.507 e. The zero-order chi connectivity index (χ0) is 45.1. The Morgan fingerprint density at radius 3 is 1.92 bits per heavy atom. The maximum Gasteiger partial charge on any atom is 0.137 e. The van der Waals surface area contributed by atoms with Gasteiger partial charge in [0.1, 0.15) is 17.3 Å². The molecule has 1 aliphatic heterocycles. The van der Waals surface area contributed by atoms with Crippen LogP contribution >= 0.6 is 0 Å². The summed E-state index contributed by atoms with van der Waals surface area (Å²) in [6.07, 6.45) is 16.3. The van der Waals surface area contributed by atoms with Gasteiger partial charge in [-0.1, -0.05) is 151 Å². The molecule has 0 saturated carbocycles. The van der Waals surface area contributed by atoms with Gasteiger partial charge in [-0.3, -0.25) is 0 Å². The van der Waals surface area contributed by atoms with Crippen molar-refractivity contribution in [2.45, 2.75) is 71.6 Å². The average Bonchev–Trinajstić information content (AvgIpc) is 3.26. The van der Waals surface area contributed by atoms with Gasteiger partial charge >= 0.3 is 0 Å². The Kier molecular flexibility index (Phi) is 13.0. The van der Waals surface area contributed by atoms with E-state index in [4.69, 9.17) is 4.74 Å². The Hall–Kier alpha value is -6.52. The number of nitrogens with zero attached hydrogens (tertiary/aromatic N) is 2. The third-order valence-electron chi connectivity index (χ3n) is 12.1. The second-order valence-corrected chi connectivity index (χ2v) is 19.3. The minimum Gasteiger partial charge on any atom is -0.507 e. The van der Waals surface area contributed by atoms with Crippen molar-refractivity contribution in [1.29, 1.82) is 0 Å². The minimum atomic E-state index is -0.0487. The summed E-state index contributed by atoms with van der Waals surface area (Å²) in [5.41, 5.74) is 16.4. The lowest BCUT2D eigenvalue weighted by atomic mass is 9.76. The van der Waals surface area contributed by atoms with E-state index in [0.717, 1.165) is 81.1 Å². The third kappa shape index (κ3) is 10.4. The lowest BCUT2D eigenvalue weighted by Gasteiger charge is -2.29. The molecule has 0 amide bonds. The number of phenolic OH excluding ortho intramolecular Hbond substituents is 1. The molecular weight excluding hydrogens is 769 g/mol. The number of aromatic hydroxyl groups is 1. The maximum absolute atomic E-state index is 11.5. The number of hydrogen-bond donors (Lipinski definition) is 1. The zero-order valence-electron chi connectivity index (χ0n) is 39.0. The van der Waals surface area contributed by atoms with Crippen molar-refractivity contribution in [3.05, 3.63) is 208 Å². The van der Waals surface area contributed by atoms with Crippen LogP contribution in [0.5, 0.6) is 11.5 Å². The van der Waals surface area contributed by atoms with Gasteiger partial charge in [0.25, 0.3) is 0 Å². The summed E-state index contributed by atoms with van der Waals surface area (Å²) in [5.74, 6) is 1.91. The van der Waals surface area contributed by atoms with Gasteiger partial charge in [-0.15, -0.1) is 0 Å². The molecule has 5 aromatic rings. The molecular formula is C59H64N2O2. The van der Waals surface area contributed by atoms with Crippen molar-refractivity contribution in [3.63, 3.8) is 0 Å². The van der Waals surface area contributed by atoms with Gasteiger partial charge < -0.3 is 19.6 Å². The van der Waals surface area contributed by atoms with Crippen LogP contribution in [0.4, 0.5) is 11.4 Å². The smallest absolute Gasteiger partial charge is 0.137 e. The van der Waals surface area contributed by atoms with Crippen LogP contribution in [-0.2, 0) is 10.8 Å². The summed E-state index contributed by atoms with van der Waals surface area (Å²) in [5, 5.41) is 11.5. The lowest BCUT2D eigenvalue weighted by Crippen LogP contribution is -2.17. The Labute approximate surface area is 377 Å². The Balaban J connectivity index is 1.45. The van der Waals surface area contributed by atoms with Crippen LogP contribution in [0.15, 0.2) is 169 Å². The van der Waals surface area contributed by atoms with Crippen LogP contribution < -0.4 is 14.5 Å². The number of benzene rings is 5. The van der Waals surface area contributed by atoms with Gasteiger partial charge in [-0.25, -0.2) is 0 Å². The fourth-order valence-electron chi connectivity index (χ4n) is 8.19. The number of hydrogen-bond acceptors (Lipinski definition) is 4. The molecule has 4 nitrogen and oxygen atoms in total. The van der Waals surface area contributed by atoms with Gasteiger partial charge in [0.05, 0.1) is 0 Å². The first-order chi connectivity index (χ1) is 30.0. The predicted octanol–water partition coefficient (Wildman–Crippen LogP) is 14.9. The highest BCUT2D eigenvalue weighted by atomic mass is 16.5. The van der Waals surface area contributed by atoms with Gasteiger partial charge in [0.15, 0.2) is 0 Å². The molecule has 0 bridgehead atoms. The van der Waals surface area contributed by atoms with E-state index >= 15 is 0 Å². The summed E-state index contributed by atoms with van der Waals surface area (Å²) in [6.45, 7) is 18.3. The molecule has 0 aromatic heterocycles. The molecule has 0 atom stereocenters. The van der Waals surface area contributed by atoms with E-state index in [9.17, 15) is 5.11 Å². The normalized spacial score (nSPS) is 16.0. The highest BCUT2D eigenvalue weighted by Gasteiger charge is 2.25. The standard InChI is InChI=1S/C59H64N2O2/c1-40(41-19-14-12-15-20-41)33-45(52-31-29-50(60(8)9)38-54(52)62)27-25-43-23-18-24-44(57(43)47-34-48(58(2,3)4)37-49(35-47)59(5,6)7)26-28-46-36-55(42-21-16-13-17-22-42)63-56-39-51(61(10)11)30-32-53(46)56/h12-17,19-22,25-39,62H,1,18,23-24H2,2-11H3/b27-25+,44-26+,45-33-,46-28+. The van der Waals surface area contributed by atoms with Gasteiger partial charge in [-0.05, 0) is 122 Å². The van der Waals surface area contributed by atoms with Crippen molar-refractivity contribution in [3.8, 4) is 11.5 Å². The van der Waals surface area contributed by atoms with E-state index < -0.39 is 0 Å². The molecule has 7 rings (SSSR count). The van der Waals surface area contributed by atoms with Crippen molar-refractivity contribution in [2.24, 2.45) is 0 Å². The first-order valence-corrected chi connectivity index (χ1v) is 22.2. The van der Waals surface area contributed by atoms with E-state index in [0.29, 0.717) is 0 Å². The summed E-state index contributed by atoms with van der Waals surface area (Å²) >= 11 is 0. The van der Waals surface area contributed by atoms with Crippen molar-refractivity contribution < 1.29 is 9.84 Å². The number of allylic oxidation sites excluding steroid dienone is 12. The monoisotopic (exact) mass is 832 g/mol. The molecule has 1 aliphatic carbocycles. The number of phenols is 1. The first-order valence-electron chi connectivity index (χ1n) is 22.2. The molecule has 2 aliphatic rings. The molecule has 1 heterocycles. The number of ether oxygens (including phenoxy) is 1. The number of rotatable bonds is 10. The zero-order valence-corrected chi connectivity index (χ0v) is 39.0. The minimum absolute atomic E-state index is 0.0487. The topological polar surface area (TPSA) is 35.9 Å². The fraction of sp³-hybridized carbons (Fsp3) is 0.254. The van der Waals surface area contributed by atoms with E-state index in [1.54, 1.807) is 0 Å². The fourth-order valence-corrected chi connectivity index (χ4v) is 8.19. The summed E-state index contributed by atoms with van der Waals surface area (Å²) in [6, 6.07) is 40.2. The van der Waals surface area contributed by atoms with Crippen molar-refractivity contribution >= 4 is 39.4 Å². The molecule has 0 radical (unpaired) electrons. The van der Waals surface area contributed by atoms with Gasteiger partial charge in [-0.2, -0.15) is 0 Å². The van der Waals surface area contributed by atoms with Crippen LogP contribution in [0.25, 0.3) is 28.1 Å². The Bertz CT molecular complexity index is 2660. The van der Waals surface area contributed by atoms with Crippen LogP contribution in [0, 0.1) is 0 Å². The lowest BCUT2D eigenvalue weighted by molar-refractivity contribution is 0.474. The molecule has 63 heavy (non-hydrogen) atoms. The third-order valence-corrected chi connectivity index (χ3v) is 12.1. The second-order valence-electron chi connectivity index (χ2n) is 19.3. The van der Waals surface area contributed by atoms with E-state index in [1.165, 1.54) is 33.4 Å². The molecule has 5 aromatic carbocycles. The maximum atomic E-state index is 11.5. The molecule has 0 saturated heterocycles. The summed E-state index contributed by atoms with van der Waals surface area (Å²) in [7, 11) is 8.09. The van der Waals surface area contributed by atoms with Gasteiger partial charge in [0, 0.05) is 68.4 Å². The molecule has 0 unspecified atom stereocenters. The van der Waals surface area contributed by atoms with Crippen LogP contribution in [0.1, 0.15) is 99.7 Å². The molecule has 4 heteroatoms. The SMILES string of the molecule is C=C(/C=C(/C=C/C1=C(c2cc(C(C)(C)C)cc(C(C)(C)C)c2)C(=C/C=C2\C=C(c3ccccc3)Oc3cc(N(C)C)ccc32)/CCC1)c1ccc(N(C)C)cc1O)c1ccccc1. The molecule has 322 valence electrons. The number of fused-ring (bicyclic) bond motifs is 1. The predicted molar refractivity (Wildman–Crippen MR) is 272 cm³/mol. The Morgan fingerprint density at radius 2 is 1.30 bits per heavy atom. The van der Waals surface area contributed by atoms with E-state index in [1.807, 2.05) is 55.4 Å². The average molecular weight is 833 g/mol. The summed E-state index contributed by atoms with van der Waals surface area (Å²) < 4.78 is 6.62. The molecule has 0 fully saturated rings. The van der Waals surface area contributed by atoms with E-state index in [-0.39, 0.29) is 16.6 Å². The quantitative estimate of drug-likeness (QED) is 0.142. The summed E-state index contributed by atoms with van der Waals surface area (Å²) in [4.78, 5) is 4.11.